The van der Waals surface area contributed by atoms with Crippen LogP contribution in [0.15, 0.2) is 91.1 Å². The topological polar surface area (TPSA) is 120 Å². The highest BCUT2D eigenvalue weighted by molar-refractivity contribution is 5.79. The average Bonchev–Trinajstić information content (AvgIpc) is 2.91. The van der Waals surface area contributed by atoms with Crippen LogP contribution >= 0.6 is 0 Å². The molecule has 39 heavy (non-hydrogen) atoms. The van der Waals surface area contributed by atoms with Crippen molar-refractivity contribution in [3.63, 3.8) is 0 Å². The Morgan fingerprint density at radius 1 is 0.949 bits per heavy atom. The average molecular weight is 525 g/mol. The summed E-state index contributed by atoms with van der Waals surface area (Å²) in [5.74, 6) is 0.559. The van der Waals surface area contributed by atoms with Crippen LogP contribution in [0.4, 0.5) is 5.82 Å². The van der Waals surface area contributed by atoms with Crippen molar-refractivity contribution in [1.82, 2.24) is 15.6 Å². The van der Waals surface area contributed by atoms with Gasteiger partial charge >= 0.3 is 0 Å². The minimum Gasteiger partial charge on any atom is -0.507 e. The Morgan fingerprint density at radius 3 is 2.41 bits per heavy atom. The second kappa shape index (κ2) is 12.6. The van der Waals surface area contributed by atoms with Crippen LogP contribution in [0, 0.1) is 0 Å². The minimum atomic E-state index is -0.691. The van der Waals surface area contributed by atoms with E-state index in [1.54, 1.807) is 30.5 Å². The Hall–Kier alpha value is -4.20. The van der Waals surface area contributed by atoms with Gasteiger partial charge in [0.25, 0.3) is 0 Å². The van der Waals surface area contributed by atoms with Crippen LogP contribution in [0.1, 0.15) is 42.2 Å². The first-order valence-electron chi connectivity index (χ1n) is 13.1. The van der Waals surface area contributed by atoms with Crippen molar-refractivity contribution < 1.29 is 15.0 Å². The van der Waals surface area contributed by atoms with E-state index in [0.29, 0.717) is 24.5 Å². The number of pyridine rings is 1. The van der Waals surface area contributed by atoms with Crippen molar-refractivity contribution in [3.05, 3.63) is 113 Å². The molecule has 6 N–H and O–H groups in total. The lowest BCUT2D eigenvalue weighted by Gasteiger charge is -2.28. The Labute approximate surface area is 229 Å². The van der Waals surface area contributed by atoms with Gasteiger partial charge in [-0.15, -0.1) is 0 Å². The van der Waals surface area contributed by atoms with E-state index < -0.39 is 6.10 Å². The molecule has 1 atom stereocenters. The van der Waals surface area contributed by atoms with Crippen molar-refractivity contribution in [2.45, 2.75) is 44.9 Å². The number of hydrogen-bond donors (Lipinski definition) is 5. The lowest BCUT2D eigenvalue weighted by molar-refractivity contribution is -0.120. The first kappa shape index (κ1) is 27.8. The molecule has 3 aromatic carbocycles. The van der Waals surface area contributed by atoms with Gasteiger partial charge in [-0.2, -0.15) is 0 Å². The van der Waals surface area contributed by atoms with Crippen molar-refractivity contribution in [3.8, 4) is 16.9 Å². The maximum Gasteiger partial charge on any atom is 0.224 e. The number of aliphatic hydroxyl groups excluding tert-OH is 1. The number of aromatic nitrogens is 1. The van der Waals surface area contributed by atoms with E-state index >= 15 is 0 Å². The SMILES string of the molecule is CC(C)(Cc1cccc(CC(=O)NCc2ccccc2-c2ccccc2O)c1)NC[C@H](O)c1ccc(N)nc1. The van der Waals surface area contributed by atoms with Crippen molar-refractivity contribution >= 4 is 11.7 Å². The molecule has 1 aromatic heterocycles. The molecule has 7 nitrogen and oxygen atoms in total. The van der Waals surface area contributed by atoms with Crippen molar-refractivity contribution in [2.24, 2.45) is 0 Å². The number of benzene rings is 3. The maximum absolute atomic E-state index is 12.8. The Bertz CT molecular complexity index is 1400. The van der Waals surface area contributed by atoms with Gasteiger partial charge in [-0.05, 0) is 54.7 Å². The quantitative estimate of drug-likeness (QED) is 0.196. The third-order valence-electron chi connectivity index (χ3n) is 6.66. The molecule has 0 spiro atoms. The number of phenolic OH excluding ortho intramolecular Hbond substituents is 1. The molecule has 1 heterocycles. The molecule has 0 aliphatic carbocycles. The van der Waals surface area contributed by atoms with Crippen LogP contribution < -0.4 is 16.4 Å². The predicted molar refractivity (Wildman–Crippen MR) is 155 cm³/mol. The van der Waals surface area contributed by atoms with E-state index in [1.165, 1.54) is 0 Å². The minimum absolute atomic E-state index is 0.0724. The summed E-state index contributed by atoms with van der Waals surface area (Å²) >= 11 is 0. The third-order valence-corrected chi connectivity index (χ3v) is 6.66. The van der Waals surface area contributed by atoms with E-state index in [4.69, 9.17) is 5.73 Å². The zero-order chi connectivity index (χ0) is 27.8. The molecule has 0 saturated carbocycles. The first-order valence-corrected chi connectivity index (χ1v) is 13.1. The Morgan fingerprint density at radius 2 is 1.67 bits per heavy atom. The van der Waals surface area contributed by atoms with Gasteiger partial charge < -0.3 is 26.6 Å². The number of anilines is 1. The van der Waals surface area contributed by atoms with Crippen LogP contribution in [0.5, 0.6) is 5.75 Å². The highest BCUT2D eigenvalue weighted by Gasteiger charge is 2.20. The van der Waals surface area contributed by atoms with Crippen LogP contribution in [0.25, 0.3) is 11.1 Å². The van der Waals surface area contributed by atoms with Gasteiger partial charge in [-0.3, -0.25) is 4.79 Å². The summed E-state index contributed by atoms with van der Waals surface area (Å²) in [5.41, 5.74) is 10.7. The predicted octanol–water partition coefficient (Wildman–Crippen LogP) is 4.54. The molecule has 202 valence electrons. The fourth-order valence-electron chi connectivity index (χ4n) is 4.61. The fourth-order valence-corrected chi connectivity index (χ4v) is 4.61. The summed E-state index contributed by atoms with van der Waals surface area (Å²) in [4.78, 5) is 16.9. The fraction of sp³-hybridized carbons (Fsp3) is 0.250. The van der Waals surface area contributed by atoms with Crippen LogP contribution in [0.3, 0.4) is 0 Å². The van der Waals surface area contributed by atoms with E-state index in [9.17, 15) is 15.0 Å². The number of aliphatic hydroxyl groups is 1. The van der Waals surface area contributed by atoms with Crippen LogP contribution in [-0.2, 0) is 24.2 Å². The molecule has 7 heteroatoms. The molecule has 0 aliphatic heterocycles. The number of β-amino-alcohol motifs (C(OH)–C–C–N with tert-alkyl or cyclic N) is 1. The maximum atomic E-state index is 12.8. The largest absolute Gasteiger partial charge is 0.507 e. The number of hydrogen-bond acceptors (Lipinski definition) is 6. The number of nitrogens with one attached hydrogen (secondary N) is 2. The van der Waals surface area contributed by atoms with Crippen molar-refractivity contribution in [1.29, 1.82) is 0 Å². The molecular weight excluding hydrogens is 488 g/mol. The summed E-state index contributed by atoms with van der Waals surface area (Å²) in [6.07, 6.45) is 1.89. The van der Waals surface area contributed by atoms with Gasteiger partial charge in [-0.1, -0.05) is 72.8 Å². The molecule has 4 rings (SSSR count). The molecule has 0 saturated heterocycles. The van der Waals surface area contributed by atoms with Gasteiger partial charge in [0.15, 0.2) is 0 Å². The number of aromatic hydroxyl groups is 1. The highest BCUT2D eigenvalue weighted by atomic mass is 16.3. The lowest BCUT2D eigenvalue weighted by atomic mass is 9.93. The number of carbonyl (C=O) groups is 1. The molecule has 1 amide bonds. The van der Waals surface area contributed by atoms with Gasteiger partial charge in [0.2, 0.25) is 5.91 Å². The molecule has 0 bridgehead atoms. The summed E-state index contributed by atoms with van der Waals surface area (Å²) < 4.78 is 0. The third kappa shape index (κ3) is 7.89. The Kier molecular flexibility index (Phi) is 8.96. The number of nitrogen functional groups attached to an aromatic ring is 1. The van der Waals surface area contributed by atoms with E-state index in [1.807, 2.05) is 54.6 Å². The number of nitrogens with zero attached hydrogens (tertiary/aromatic N) is 1. The molecule has 0 radical (unpaired) electrons. The summed E-state index contributed by atoms with van der Waals surface area (Å²) in [6.45, 7) is 4.92. The monoisotopic (exact) mass is 524 g/mol. The zero-order valence-electron chi connectivity index (χ0n) is 22.4. The normalized spacial score (nSPS) is 12.2. The second-order valence-corrected chi connectivity index (χ2v) is 10.4. The Balaban J connectivity index is 1.32. The molecular formula is C32H36N4O3. The van der Waals surface area contributed by atoms with E-state index in [0.717, 1.165) is 34.2 Å². The summed E-state index contributed by atoms with van der Waals surface area (Å²) in [5, 5.41) is 27.2. The van der Waals surface area contributed by atoms with Gasteiger partial charge in [0.1, 0.15) is 11.6 Å². The van der Waals surface area contributed by atoms with E-state index in [2.05, 4.69) is 35.5 Å². The molecule has 0 unspecified atom stereocenters. The van der Waals surface area contributed by atoms with Gasteiger partial charge in [0.05, 0.1) is 12.5 Å². The highest BCUT2D eigenvalue weighted by Crippen LogP contribution is 2.31. The number of amides is 1. The summed E-state index contributed by atoms with van der Waals surface area (Å²) in [7, 11) is 0. The number of para-hydroxylation sites is 1. The van der Waals surface area contributed by atoms with Crippen molar-refractivity contribution in [2.75, 3.05) is 12.3 Å². The number of phenols is 1. The first-order chi connectivity index (χ1) is 18.7. The lowest BCUT2D eigenvalue weighted by Crippen LogP contribution is -2.43. The number of rotatable bonds is 11. The number of nitrogens with two attached hydrogens (primary N) is 1. The van der Waals surface area contributed by atoms with Gasteiger partial charge in [-0.25, -0.2) is 4.98 Å². The second-order valence-electron chi connectivity index (χ2n) is 10.4. The van der Waals surface area contributed by atoms with Crippen LogP contribution in [-0.4, -0.2) is 33.2 Å². The summed E-state index contributed by atoms with van der Waals surface area (Å²) in [6, 6.07) is 26.4. The molecule has 0 aliphatic rings. The number of carbonyl (C=O) groups excluding carboxylic acids is 1. The molecule has 4 aromatic rings. The molecule has 0 fully saturated rings. The van der Waals surface area contributed by atoms with Gasteiger partial charge in [0, 0.05) is 36.0 Å². The van der Waals surface area contributed by atoms with Crippen LogP contribution in [0.2, 0.25) is 0 Å². The van der Waals surface area contributed by atoms with E-state index in [-0.39, 0.29) is 23.6 Å². The zero-order valence-corrected chi connectivity index (χ0v) is 22.4. The standard InChI is InChI=1S/C32H36N4O3/c1-32(2,36-21-29(38)25-14-15-30(33)34-20-25)18-23-9-7-8-22(16-23)17-31(39)35-19-24-10-3-4-11-26(24)27-12-5-6-13-28(27)37/h3-16,20,29,36-38H,17-19,21H2,1-2H3,(H2,33,34)(H,35,39)/t29-/m0/s1. The smallest absolute Gasteiger partial charge is 0.224 e.